The minimum Gasteiger partial charge on any atom is -0.383 e. The molecule has 0 bridgehead atoms. The van der Waals surface area contributed by atoms with Gasteiger partial charge < -0.3 is 14.8 Å². The Bertz CT molecular complexity index is 344. The van der Waals surface area contributed by atoms with Crippen LogP contribution >= 0.6 is 0 Å². The van der Waals surface area contributed by atoms with Crippen LogP contribution in [0.25, 0.3) is 0 Å². The fourth-order valence-electron chi connectivity index (χ4n) is 2.12. The highest BCUT2D eigenvalue weighted by atomic mass is 16.5. The molecular weight excluding hydrogens is 258 g/mol. The molecule has 0 spiro atoms. The zero-order valence-corrected chi connectivity index (χ0v) is 12.6. The molecule has 6 heteroatoms. The van der Waals surface area contributed by atoms with Gasteiger partial charge in [-0.3, -0.25) is 9.69 Å². The van der Waals surface area contributed by atoms with Crippen LogP contribution in [0.4, 0.5) is 0 Å². The predicted octanol–water partition coefficient (Wildman–Crippen LogP) is 0.390. The highest BCUT2D eigenvalue weighted by Crippen LogP contribution is 2.39. The van der Waals surface area contributed by atoms with Gasteiger partial charge in [0.25, 0.3) is 0 Å². The van der Waals surface area contributed by atoms with E-state index in [1.807, 2.05) is 4.90 Å². The summed E-state index contributed by atoms with van der Waals surface area (Å²) in [5.74, 6) is 0.177. The molecule has 0 aromatic rings. The lowest BCUT2D eigenvalue weighted by Gasteiger charge is -2.26. The first-order chi connectivity index (χ1) is 9.55. The number of hydrogen-bond donors (Lipinski definition) is 1. The first-order valence-electron chi connectivity index (χ1n) is 6.98. The van der Waals surface area contributed by atoms with Crippen LogP contribution in [0.2, 0.25) is 0 Å². The molecule has 1 saturated carbocycles. The van der Waals surface area contributed by atoms with Gasteiger partial charge >= 0.3 is 0 Å². The smallest absolute Gasteiger partial charge is 0.235 e. The Morgan fingerprint density at radius 1 is 1.35 bits per heavy atom. The SMILES string of the molecule is COCCN(CCOC)CC(=O)NC(C)(C#N)C1CC1. The Morgan fingerprint density at radius 2 is 1.90 bits per heavy atom. The maximum atomic E-state index is 12.1. The van der Waals surface area contributed by atoms with Crippen molar-refractivity contribution in [1.29, 1.82) is 5.26 Å². The van der Waals surface area contributed by atoms with Crippen molar-refractivity contribution in [1.82, 2.24) is 10.2 Å². The topological polar surface area (TPSA) is 74.6 Å². The number of rotatable bonds is 10. The summed E-state index contributed by atoms with van der Waals surface area (Å²) in [7, 11) is 3.27. The summed E-state index contributed by atoms with van der Waals surface area (Å²) in [6, 6.07) is 2.23. The molecule has 1 rings (SSSR count). The number of nitrogens with zero attached hydrogens (tertiary/aromatic N) is 2. The number of amides is 1. The highest BCUT2D eigenvalue weighted by molar-refractivity contribution is 5.79. The predicted molar refractivity (Wildman–Crippen MR) is 75.1 cm³/mol. The molecule has 0 heterocycles. The van der Waals surface area contributed by atoms with E-state index >= 15 is 0 Å². The quantitative estimate of drug-likeness (QED) is 0.628. The number of nitriles is 1. The summed E-state index contributed by atoms with van der Waals surface area (Å²) in [5, 5.41) is 12.1. The second-order valence-electron chi connectivity index (χ2n) is 5.40. The van der Waals surface area contributed by atoms with Crippen molar-refractivity contribution in [3.63, 3.8) is 0 Å². The molecule has 1 fully saturated rings. The van der Waals surface area contributed by atoms with Gasteiger partial charge in [0.05, 0.1) is 25.8 Å². The van der Waals surface area contributed by atoms with Crippen molar-refractivity contribution >= 4 is 5.91 Å². The zero-order valence-electron chi connectivity index (χ0n) is 12.6. The molecule has 1 aliphatic carbocycles. The normalized spacial score (nSPS) is 17.6. The van der Waals surface area contributed by atoms with Crippen LogP contribution in [-0.2, 0) is 14.3 Å². The van der Waals surface area contributed by atoms with Crippen LogP contribution in [0.15, 0.2) is 0 Å². The van der Waals surface area contributed by atoms with Crippen LogP contribution in [0.3, 0.4) is 0 Å². The van der Waals surface area contributed by atoms with Gasteiger partial charge in [-0.2, -0.15) is 5.26 Å². The Morgan fingerprint density at radius 3 is 2.30 bits per heavy atom. The number of carbonyl (C=O) groups is 1. The number of carbonyl (C=O) groups excluding carboxylic acids is 1. The van der Waals surface area contributed by atoms with E-state index < -0.39 is 5.54 Å². The summed E-state index contributed by atoms with van der Waals surface area (Å²) in [6.07, 6.45) is 2.03. The van der Waals surface area contributed by atoms with E-state index in [0.717, 1.165) is 12.8 Å². The molecule has 114 valence electrons. The zero-order chi connectivity index (χ0) is 15.0. The van der Waals surface area contributed by atoms with E-state index in [9.17, 15) is 10.1 Å². The largest absolute Gasteiger partial charge is 0.383 e. The average molecular weight is 283 g/mol. The second kappa shape index (κ2) is 8.20. The third-order valence-corrected chi connectivity index (χ3v) is 3.62. The van der Waals surface area contributed by atoms with Gasteiger partial charge in [0, 0.05) is 27.3 Å². The second-order valence-corrected chi connectivity index (χ2v) is 5.40. The molecule has 0 radical (unpaired) electrons. The molecule has 1 N–H and O–H groups in total. The van der Waals surface area contributed by atoms with Gasteiger partial charge in [0.1, 0.15) is 5.54 Å². The molecule has 0 aromatic heterocycles. The van der Waals surface area contributed by atoms with E-state index in [1.165, 1.54) is 0 Å². The van der Waals surface area contributed by atoms with Crippen LogP contribution in [0.5, 0.6) is 0 Å². The number of hydrogen-bond acceptors (Lipinski definition) is 5. The lowest BCUT2D eigenvalue weighted by atomic mass is 9.98. The van der Waals surface area contributed by atoms with Crippen molar-refractivity contribution in [2.75, 3.05) is 47.1 Å². The molecule has 0 saturated heterocycles. The van der Waals surface area contributed by atoms with Crippen LogP contribution in [-0.4, -0.2) is 63.4 Å². The van der Waals surface area contributed by atoms with Crippen LogP contribution in [0.1, 0.15) is 19.8 Å². The van der Waals surface area contributed by atoms with Crippen molar-refractivity contribution in [2.24, 2.45) is 5.92 Å². The standard InChI is InChI=1S/C14H25N3O3/c1-14(11-15,12-4-5-12)16-13(18)10-17(6-8-19-2)7-9-20-3/h12H,4-10H2,1-3H3,(H,16,18). The number of ether oxygens (including phenoxy) is 2. The molecule has 1 amide bonds. The van der Waals surface area contributed by atoms with Gasteiger partial charge in [0.15, 0.2) is 0 Å². The third kappa shape index (κ3) is 5.45. The lowest BCUT2D eigenvalue weighted by Crippen LogP contribution is -2.50. The van der Waals surface area contributed by atoms with Crippen molar-refractivity contribution in [3.05, 3.63) is 0 Å². The van der Waals surface area contributed by atoms with E-state index in [2.05, 4.69) is 11.4 Å². The summed E-state index contributed by atoms with van der Waals surface area (Å²) < 4.78 is 10.1. The van der Waals surface area contributed by atoms with E-state index in [1.54, 1.807) is 21.1 Å². The van der Waals surface area contributed by atoms with E-state index in [0.29, 0.717) is 32.2 Å². The van der Waals surface area contributed by atoms with E-state index in [4.69, 9.17) is 9.47 Å². The first-order valence-corrected chi connectivity index (χ1v) is 6.98. The molecule has 1 aliphatic rings. The fraction of sp³-hybridized carbons (Fsp3) is 0.857. The van der Waals surface area contributed by atoms with Gasteiger partial charge in [-0.1, -0.05) is 0 Å². The highest BCUT2D eigenvalue weighted by Gasteiger charge is 2.43. The maximum Gasteiger partial charge on any atom is 0.235 e. The van der Waals surface area contributed by atoms with Crippen molar-refractivity contribution in [2.45, 2.75) is 25.3 Å². The average Bonchev–Trinajstić information content (AvgIpc) is 3.26. The van der Waals surface area contributed by atoms with Gasteiger partial charge in [-0.25, -0.2) is 0 Å². The number of nitrogens with one attached hydrogen (secondary N) is 1. The Balaban J connectivity index is 2.45. The molecule has 1 atom stereocenters. The summed E-state index contributed by atoms with van der Waals surface area (Å²) in [4.78, 5) is 14.1. The van der Waals surface area contributed by atoms with Gasteiger partial charge in [-0.15, -0.1) is 0 Å². The lowest BCUT2D eigenvalue weighted by molar-refractivity contribution is -0.124. The molecule has 1 unspecified atom stereocenters. The minimum absolute atomic E-state index is 0.117. The summed E-state index contributed by atoms with van der Waals surface area (Å²) >= 11 is 0. The molecule has 0 aromatic carbocycles. The molecular formula is C14H25N3O3. The Hall–Kier alpha value is -1.16. The fourth-order valence-corrected chi connectivity index (χ4v) is 2.12. The van der Waals surface area contributed by atoms with Gasteiger partial charge in [0.2, 0.25) is 5.91 Å². The Kier molecular flexibility index (Phi) is 6.93. The monoisotopic (exact) mass is 283 g/mol. The molecule has 0 aliphatic heterocycles. The van der Waals surface area contributed by atoms with Crippen LogP contribution < -0.4 is 5.32 Å². The van der Waals surface area contributed by atoms with E-state index in [-0.39, 0.29) is 12.5 Å². The Labute approximate surface area is 121 Å². The maximum absolute atomic E-state index is 12.1. The summed E-state index contributed by atoms with van der Waals surface area (Å²) in [6.45, 7) is 4.53. The first kappa shape index (κ1) is 16.9. The minimum atomic E-state index is -0.731. The van der Waals surface area contributed by atoms with Crippen molar-refractivity contribution < 1.29 is 14.3 Å². The van der Waals surface area contributed by atoms with Crippen molar-refractivity contribution in [3.8, 4) is 6.07 Å². The summed E-state index contributed by atoms with van der Waals surface area (Å²) in [5.41, 5.74) is -0.731. The third-order valence-electron chi connectivity index (χ3n) is 3.62. The van der Waals surface area contributed by atoms with Gasteiger partial charge in [-0.05, 0) is 25.7 Å². The molecule has 20 heavy (non-hydrogen) atoms. The number of methoxy groups -OCH3 is 2. The molecule has 6 nitrogen and oxygen atoms in total. The van der Waals surface area contributed by atoms with Crippen LogP contribution in [0, 0.1) is 17.2 Å².